The molecule has 0 saturated heterocycles. The minimum atomic E-state index is -0.464. The molecular formula is C10H11NO4. The number of carbonyl (C=O) groups is 1. The Bertz CT molecular complexity index is 375. The smallest absolute Gasteiger partial charge is 0.338 e. The van der Waals surface area contributed by atoms with Gasteiger partial charge in [-0.2, -0.15) is 0 Å². The lowest BCUT2D eigenvalue weighted by atomic mass is 10.1. The standard InChI is InChI=1S/C10H11NO4/c1-15-10(12)9-5-3-2-4-8(9)6-7-11(13)14/h2-5H,6-7H2,1H3. The monoisotopic (exact) mass is 209 g/mol. The molecule has 1 aromatic carbocycles. The number of methoxy groups -OCH3 is 1. The summed E-state index contributed by atoms with van der Waals surface area (Å²) in [4.78, 5) is 21.1. The Balaban J connectivity index is 2.86. The molecule has 0 saturated carbocycles. The predicted molar refractivity (Wildman–Crippen MR) is 53.3 cm³/mol. The molecule has 0 unspecified atom stereocenters. The molecule has 0 aliphatic carbocycles. The van der Waals surface area contributed by atoms with Gasteiger partial charge in [-0.25, -0.2) is 4.79 Å². The first-order valence-corrected chi connectivity index (χ1v) is 4.43. The molecule has 15 heavy (non-hydrogen) atoms. The van der Waals surface area contributed by atoms with Crippen LogP contribution < -0.4 is 0 Å². The van der Waals surface area contributed by atoms with Crippen LogP contribution in [0.2, 0.25) is 0 Å². The van der Waals surface area contributed by atoms with Crippen LogP contribution in [-0.2, 0) is 11.2 Å². The van der Waals surface area contributed by atoms with Gasteiger partial charge in [0, 0.05) is 11.3 Å². The van der Waals surface area contributed by atoms with Crippen molar-refractivity contribution in [1.29, 1.82) is 0 Å². The Labute approximate surface area is 86.8 Å². The van der Waals surface area contributed by atoms with E-state index in [1.807, 2.05) is 0 Å². The molecule has 0 aliphatic rings. The molecule has 80 valence electrons. The summed E-state index contributed by atoms with van der Waals surface area (Å²) in [7, 11) is 1.28. The first-order valence-electron chi connectivity index (χ1n) is 4.43. The number of benzene rings is 1. The highest BCUT2D eigenvalue weighted by molar-refractivity contribution is 5.90. The first-order chi connectivity index (χ1) is 7.15. The number of nitro groups is 1. The lowest BCUT2D eigenvalue weighted by molar-refractivity contribution is -0.479. The maximum Gasteiger partial charge on any atom is 0.338 e. The minimum Gasteiger partial charge on any atom is -0.465 e. The molecule has 0 amide bonds. The Morgan fingerprint density at radius 3 is 2.73 bits per heavy atom. The van der Waals surface area contributed by atoms with Crippen molar-refractivity contribution in [3.05, 3.63) is 45.5 Å². The van der Waals surface area contributed by atoms with Crippen molar-refractivity contribution >= 4 is 5.97 Å². The van der Waals surface area contributed by atoms with Gasteiger partial charge in [0.2, 0.25) is 6.54 Å². The van der Waals surface area contributed by atoms with Crippen molar-refractivity contribution in [2.24, 2.45) is 0 Å². The molecule has 1 rings (SSSR count). The van der Waals surface area contributed by atoms with Crippen molar-refractivity contribution in [1.82, 2.24) is 0 Å². The third kappa shape index (κ3) is 3.05. The molecule has 0 N–H and O–H groups in total. The van der Waals surface area contributed by atoms with Crippen LogP contribution in [0, 0.1) is 10.1 Å². The lowest BCUT2D eigenvalue weighted by Crippen LogP contribution is -2.10. The van der Waals surface area contributed by atoms with E-state index in [0.717, 1.165) is 0 Å². The molecule has 0 atom stereocenters. The van der Waals surface area contributed by atoms with Gasteiger partial charge in [0.25, 0.3) is 0 Å². The van der Waals surface area contributed by atoms with Gasteiger partial charge in [-0.3, -0.25) is 10.1 Å². The van der Waals surface area contributed by atoms with Crippen LogP contribution in [0.3, 0.4) is 0 Å². The number of nitrogens with zero attached hydrogens (tertiary/aromatic N) is 1. The fourth-order valence-electron chi connectivity index (χ4n) is 1.26. The van der Waals surface area contributed by atoms with E-state index < -0.39 is 10.9 Å². The van der Waals surface area contributed by atoms with Gasteiger partial charge in [-0.15, -0.1) is 0 Å². The maximum atomic E-state index is 11.3. The van der Waals surface area contributed by atoms with Gasteiger partial charge in [0.1, 0.15) is 0 Å². The predicted octanol–water partition coefficient (Wildman–Crippen LogP) is 1.29. The van der Waals surface area contributed by atoms with E-state index in [0.29, 0.717) is 11.1 Å². The van der Waals surface area contributed by atoms with Crippen LogP contribution >= 0.6 is 0 Å². The Kier molecular flexibility index (Phi) is 3.79. The van der Waals surface area contributed by atoms with Crippen LogP contribution in [-0.4, -0.2) is 24.5 Å². The lowest BCUT2D eigenvalue weighted by Gasteiger charge is -2.04. The fraction of sp³-hybridized carbons (Fsp3) is 0.300. The second-order valence-corrected chi connectivity index (χ2v) is 2.96. The zero-order chi connectivity index (χ0) is 11.3. The highest BCUT2D eigenvalue weighted by atomic mass is 16.6. The second kappa shape index (κ2) is 5.09. The molecule has 1 aromatic rings. The van der Waals surface area contributed by atoms with Gasteiger partial charge < -0.3 is 4.74 Å². The summed E-state index contributed by atoms with van der Waals surface area (Å²) in [5.41, 5.74) is 1.03. The molecule has 0 aromatic heterocycles. The Morgan fingerprint density at radius 2 is 2.13 bits per heavy atom. The summed E-state index contributed by atoms with van der Waals surface area (Å²) in [6.45, 7) is -0.187. The SMILES string of the molecule is COC(=O)c1ccccc1CC[N+](=O)[O-]. The second-order valence-electron chi connectivity index (χ2n) is 2.96. The van der Waals surface area contributed by atoms with E-state index in [4.69, 9.17) is 0 Å². The molecule has 0 radical (unpaired) electrons. The number of esters is 1. The number of rotatable bonds is 4. The topological polar surface area (TPSA) is 69.4 Å². The third-order valence-corrected chi connectivity index (χ3v) is 1.99. The fourth-order valence-corrected chi connectivity index (χ4v) is 1.26. The first kappa shape index (κ1) is 11.2. The quantitative estimate of drug-likeness (QED) is 0.425. The maximum absolute atomic E-state index is 11.3. The Hall–Kier alpha value is -1.91. The molecule has 0 spiro atoms. The molecule has 5 nitrogen and oxygen atoms in total. The van der Waals surface area contributed by atoms with Gasteiger partial charge in [-0.1, -0.05) is 18.2 Å². The van der Waals surface area contributed by atoms with E-state index >= 15 is 0 Å². The third-order valence-electron chi connectivity index (χ3n) is 1.99. The largest absolute Gasteiger partial charge is 0.465 e. The normalized spacial score (nSPS) is 9.67. The van der Waals surface area contributed by atoms with Crippen molar-refractivity contribution < 1.29 is 14.5 Å². The van der Waals surface area contributed by atoms with Crippen molar-refractivity contribution in [3.8, 4) is 0 Å². The van der Waals surface area contributed by atoms with Crippen molar-refractivity contribution in [2.75, 3.05) is 13.7 Å². The number of hydrogen-bond donors (Lipinski definition) is 0. The highest BCUT2D eigenvalue weighted by Gasteiger charge is 2.12. The summed E-state index contributed by atoms with van der Waals surface area (Å²) in [6.07, 6.45) is 0.234. The van der Waals surface area contributed by atoms with E-state index in [-0.39, 0.29) is 13.0 Å². The van der Waals surface area contributed by atoms with Gasteiger partial charge in [0.05, 0.1) is 12.7 Å². The van der Waals surface area contributed by atoms with E-state index in [1.54, 1.807) is 24.3 Å². The van der Waals surface area contributed by atoms with Gasteiger partial charge in [0.15, 0.2) is 0 Å². The molecule has 0 fully saturated rings. The van der Waals surface area contributed by atoms with Crippen LogP contribution in [0.25, 0.3) is 0 Å². The molecule has 0 bridgehead atoms. The van der Waals surface area contributed by atoms with Crippen LogP contribution in [0.4, 0.5) is 0 Å². The number of hydrogen-bond acceptors (Lipinski definition) is 4. The molecule has 5 heteroatoms. The zero-order valence-corrected chi connectivity index (χ0v) is 8.30. The summed E-state index contributed by atoms with van der Waals surface area (Å²) >= 11 is 0. The molecule has 0 aliphatic heterocycles. The molecular weight excluding hydrogens is 198 g/mol. The van der Waals surface area contributed by atoms with Crippen LogP contribution in [0.5, 0.6) is 0 Å². The number of carbonyl (C=O) groups excluding carboxylic acids is 1. The average molecular weight is 209 g/mol. The number of ether oxygens (including phenoxy) is 1. The zero-order valence-electron chi connectivity index (χ0n) is 8.30. The Morgan fingerprint density at radius 1 is 1.47 bits per heavy atom. The molecule has 0 heterocycles. The van der Waals surface area contributed by atoms with Gasteiger partial charge in [-0.05, 0) is 11.6 Å². The highest BCUT2D eigenvalue weighted by Crippen LogP contribution is 2.10. The average Bonchev–Trinajstić information content (AvgIpc) is 2.25. The van der Waals surface area contributed by atoms with Crippen LogP contribution in [0.1, 0.15) is 15.9 Å². The van der Waals surface area contributed by atoms with E-state index in [9.17, 15) is 14.9 Å². The van der Waals surface area contributed by atoms with E-state index in [1.165, 1.54) is 7.11 Å². The van der Waals surface area contributed by atoms with Crippen molar-refractivity contribution in [2.45, 2.75) is 6.42 Å². The summed E-state index contributed by atoms with van der Waals surface area (Å²) in [6, 6.07) is 6.72. The van der Waals surface area contributed by atoms with Crippen LogP contribution in [0.15, 0.2) is 24.3 Å². The van der Waals surface area contributed by atoms with E-state index in [2.05, 4.69) is 4.74 Å². The summed E-state index contributed by atoms with van der Waals surface area (Å²) in [5, 5.41) is 10.2. The van der Waals surface area contributed by atoms with Gasteiger partial charge >= 0.3 is 5.97 Å². The summed E-state index contributed by atoms with van der Waals surface area (Å²) in [5.74, 6) is -0.464. The van der Waals surface area contributed by atoms with Crippen molar-refractivity contribution in [3.63, 3.8) is 0 Å². The minimum absolute atomic E-state index is 0.187. The summed E-state index contributed by atoms with van der Waals surface area (Å²) < 4.78 is 4.57.